The van der Waals surface area contributed by atoms with E-state index in [0.29, 0.717) is 27.7 Å². The molecule has 0 unspecified atom stereocenters. The zero-order valence-corrected chi connectivity index (χ0v) is 12.0. The van der Waals surface area contributed by atoms with Gasteiger partial charge in [-0.1, -0.05) is 6.07 Å². The number of carbonyl (C=O) groups excluding carboxylic acids is 1. The van der Waals surface area contributed by atoms with Gasteiger partial charge in [-0.25, -0.2) is 0 Å². The van der Waals surface area contributed by atoms with Gasteiger partial charge in [0.25, 0.3) is 0 Å². The standard InChI is InChI=1S/C13H13N3OS2/c1-8(17)12-11(15)10(7-14)13(19-12)16-5-4-9-3-2-6-18-9/h2-3,6,16H,4-5,15H2,1H3. The smallest absolute Gasteiger partial charge is 0.171 e. The second-order valence-corrected chi connectivity index (χ2v) is 6.03. The molecule has 0 aliphatic rings. The molecule has 2 rings (SSSR count). The van der Waals surface area contributed by atoms with Crippen molar-refractivity contribution in [3.63, 3.8) is 0 Å². The summed E-state index contributed by atoms with van der Waals surface area (Å²) in [6.45, 7) is 2.17. The molecule has 6 heteroatoms. The van der Waals surface area contributed by atoms with E-state index in [2.05, 4.69) is 17.5 Å². The van der Waals surface area contributed by atoms with E-state index in [1.54, 1.807) is 11.3 Å². The third kappa shape index (κ3) is 2.95. The van der Waals surface area contributed by atoms with Crippen LogP contribution in [0.3, 0.4) is 0 Å². The van der Waals surface area contributed by atoms with E-state index in [0.717, 1.165) is 6.42 Å². The first-order chi connectivity index (χ1) is 9.13. The molecule has 98 valence electrons. The first kappa shape index (κ1) is 13.6. The second kappa shape index (κ2) is 5.87. The second-order valence-electron chi connectivity index (χ2n) is 3.97. The Bertz CT molecular complexity index is 623. The van der Waals surface area contributed by atoms with Crippen molar-refractivity contribution in [1.82, 2.24) is 0 Å². The Morgan fingerprint density at radius 3 is 2.95 bits per heavy atom. The summed E-state index contributed by atoms with van der Waals surface area (Å²) in [5.41, 5.74) is 6.48. The van der Waals surface area contributed by atoms with Gasteiger partial charge in [0.1, 0.15) is 16.6 Å². The molecule has 0 aromatic carbocycles. The summed E-state index contributed by atoms with van der Waals surface area (Å²) in [7, 11) is 0. The van der Waals surface area contributed by atoms with E-state index in [1.807, 2.05) is 11.4 Å². The maximum Gasteiger partial charge on any atom is 0.171 e. The minimum atomic E-state index is -0.106. The molecule has 0 saturated heterocycles. The molecule has 2 aromatic rings. The number of ketones is 1. The summed E-state index contributed by atoms with van der Waals surface area (Å²) in [5, 5.41) is 15.0. The van der Waals surface area contributed by atoms with Crippen LogP contribution in [0.5, 0.6) is 0 Å². The molecule has 0 aliphatic heterocycles. The highest BCUT2D eigenvalue weighted by Gasteiger charge is 2.18. The molecule has 2 aromatic heterocycles. The van der Waals surface area contributed by atoms with Crippen LogP contribution >= 0.6 is 22.7 Å². The molecular formula is C13H13N3OS2. The number of thiophene rings is 2. The predicted octanol–water partition coefficient (Wildman–Crippen LogP) is 3.12. The average Bonchev–Trinajstić information content (AvgIpc) is 2.97. The van der Waals surface area contributed by atoms with Gasteiger partial charge in [0.15, 0.2) is 5.78 Å². The molecule has 0 spiro atoms. The van der Waals surface area contributed by atoms with E-state index in [-0.39, 0.29) is 5.78 Å². The lowest BCUT2D eigenvalue weighted by Gasteiger charge is -2.02. The van der Waals surface area contributed by atoms with Crippen molar-refractivity contribution in [2.75, 3.05) is 17.6 Å². The number of nitrogens with one attached hydrogen (secondary N) is 1. The number of Topliss-reactive ketones (excluding diaryl/α,β-unsaturated/α-hetero) is 1. The van der Waals surface area contributed by atoms with E-state index < -0.39 is 0 Å². The fourth-order valence-corrected chi connectivity index (χ4v) is 3.40. The molecule has 0 atom stereocenters. The number of nitrogen functional groups attached to an aromatic ring is 1. The lowest BCUT2D eigenvalue weighted by molar-refractivity contribution is 0.102. The third-order valence-corrected chi connectivity index (χ3v) is 4.81. The molecule has 3 N–H and O–H groups in total. The predicted molar refractivity (Wildman–Crippen MR) is 80.0 cm³/mol. The summed E-state index contributed by atoms with van der Waals surface area (Å²) in [5.74, 6) is -0.106. The van der Waals surface area contributed by atoms with Gasteiger partial charge >= 0.3 is 0 Å². The Morgan fingerprint density at radius 2 is 2.37 bits per heavy atom. The van der Waals surface area contributed by atoms with Crippen LogP contribution in [0.15, 0.2) is 17.5 Å². The van der Waals surface area contributed by atoms with Crippen molar-refractivity contribution in [3.05, 3.63) is 32.8 Å². The fourth-order valence-electron chi connectivity index (χ4n) is 1.69. The Labute approximate surface area is 119 Å². The zero-order chi connectivity index (χ0) is 13.8. The van der Waals surface area contributed by atoms with Gasteiger partial charge in [-0.05, 0) is 17.9 Å². The van der Waals surface area contributed by atoms with E-state index >= 15 is 0 Å². The van der Waals surface area contributed by atoms with Crippen LogP contribution < -0.4 is 11.1 Å². The average molecular weight is 291 g/mol. The maximum atomic E-state index is 11.4. The lowest BCUT2D eigenvalue weighted by atomic mass is 10.2. The van der Waals surface area contributed by atoms with Crippen LogP contribution in [-0.4, -0.2) is 12.3 Å². The number of nitriles is 1. The SMILES string of the molecule is CC(=O)c1sc(NCCc2cccs2)c(C#N)c1N. The highest BCUT2D eigenvalue weighted by Crippen LogP contribution is 2.35. The van der Waals surface area contributed by atoms with Crippen LogP contribution in [0.4, 0.5) is 10.7 Å². The van der Waals surface area contributed by atoms with Crippen molar-refractivity contribution in [2.24, 2.45) is 0 Å². The summed E-state index contributed by atoms with van der Waals surface area (Å²) in [6, 6.07) is 6.14. The Balaban J connectivity index is 2.10. The van der Waals surface area contributed by atoms with Crippen LogP contribution in [0.1, 0.15) is 27.0 Å². The molecule has 0 aliphatic carbocycles. The van der Waals surface area contributed by atoms with Gasteiger partial charge in [-0.3, -0.25) is 4.79 Å². The minimum absolute atomic E-state index is 0.106. The number of rotatable bonds is 5. The molecular weight excluding hydrogens is 278 g/mol. The largest absolute Gasteiger partial charge is 0.396 e. The van der Waals surface area contributed by atoms with E-state index in [4.69, 9.17) is 11.0 Å². The number of hydrogen-bond donors (Lipinski definition) is 2. The molecule has 0 fully saturated rings. The summed E-state index contributed by atoms with van der Waals surface area (Å²) in [6.07, 6.45) is 0.885. The quantitative estimate of drug-likeness (QED) is 0.830. The molecule has 0 amide bonds. The third-order valence-electron chi connectivity index (χ3n) is 2.61. The Morgan fingerprint density at radius 1 is 1.58 bits per heavy atom. The molecule has 19 heavy (non-hydrogen) atoms. The van der Waals surface area contributed by atoms with Crippen molar-refractivity contribution in [1.29, 1.82) is 5.26 Å². The molecule has 2 heterocycles. The van der Waals surface area contributed by atoms with Gasteiger partial charge in [0.05, 0.1) is 10.6 Å². The van der Waals surface area contributed by atoms with Crippen LogP contribution in [0.25, 0.3) is 0 Å². The summed E-state index contributed by atoms with van der Waals surface area (Å²) < 4.78 is 0. The monoisotopic (exact) mass is 291 g/mol. The normalized spacial score (nSPS) is 10.1. The fraction of sp³-hybridized carbons (Fsp3) is 0.231. The summed E-state index contributed by atoms with van der Waals surface area (Å²) in [4.78, 5) is 13.1. The van der Waals surface area contributed by atoms with Gasteiger partial charge in [-0.15, -0.1) is 22.7 Å². The zero-order valence-electron chi connectivity index (χ0n) is 10.4. The van der Waals surface area contributed by atoms with Crippen LogP contribution in [0.2, 0.25) is 0 Å². The summed E-state index contributed by atoms with van der Waals surface area (Å²) >= 11 is 2.95. The number of anilines is 2. The van der Waals surface area contributed by atoms with Crippen molar-refractivity contribution >= 4 is 39.1 Å². The number of hydrogen-bond acceptors (Lipinski definition) is 6. The minimum Gasteiger partial charge on any atom is -0.396 e. The van der Waals surface area contributed by atoms with Gasteiger partial charge in [0.2, 0.25) is 0 Å². The topological polar surface area (TPSA) is 78.9 Å². The molecule has 4 nitrogen and oxygen atoms in total. The van der Waals surface area contributed by atoms with Crippen LogP contribution in [0, 0.1) is 11.3 Å². The first-order valence-corrected chi connectivity index (χ1v) is 7.42. The first-order valence-electron chi connectivity index (χ1n) is 5.73. The molecule has 0 radical (unpaired) electrons. The molecule has 0 saturated carbocycles. The van der Waals surface area contributed by atoms with Crippen LogP contribution in [-0.2, 0) is 6.42 Å². The van der Waals surface area contributed by atoms with Gasteiger partial charge in [0, 0.05) is 18.3 Å². The van der Waals surface area contributed by atoms with Gasteiger partial charge in [-0.2, -0.15) is 5.26 Å². The maximum absolute atomic E-state index is 11.4. The Hall–Kier alpha value is -1.84. The number of nitrogens with two attached hydrogens (primary N) is 1. The highest BCUT2D eigenvalue weighted by atomic mass is 32.1. The Kier molecular flexibility index (Phi) is 4.20. The number of nitrogens with zero attached hydrogens (tertiary/aromatic N) is 1. The van der Waals surface area contributed by atoms with Gasteiger partial charge < -0.3 is 11.1 Å². The van der Waals surface area contributed by atoms with Crippen molar-refractivity contribution in [3.8, 4) is 6.07 Å². The number of carbonyl (C=O) groups is 1. The van der Waals surface area contributed by atoms with E-state index in [1.165, 1.54) is 23.1 Å². The lowest BCUT2D eigenvalue weighted by Crippen LogP contribution is -2.03. The van der Waals surface area contributed by atoms with Crippen molar-refractivity contribution < 1.29 is 4.79 Å². The molecule has 0 bridgehead atoms. The van der Waals surface area contributed by atoms with Crippen molar-refractivity contribution in [2.45, 2.75) is 13.3 Å². The van der Waals surface area contributed by atoms with E-state index in [9.17, 15) is 4.79 Å². The highest BCUT2D eigenvalue weighted by molar-refractivity contribution is 7.19.